The van der Waals surface area contributed by atoms with Crippen LogP contribution in [0, 0.1) is 13.8 Å². The minimum Gasteiger partial charge on any atom is -0.355 e. The van der Waals surface area contributed by atoms with Crippen LogP contribution in [0.3, 0.4) is 0 Å². The van der Waals surface area contributed by atoms with Crippen LogP contribution >= 0.6 is 0 Å². The molecule has 0 radical (unpaired) electrons. The van der Waals surface area contributed by atoms with Crippen LogP contribution in [0.4, 0.5) is 11.4 Å². The summed E-state index contributed by atoms with van der Waals surface area (Å²) in [5.74, 6) is -0.231. The molecular weight excluding hydrogens is 338 g/mol. The molecule has 0 aliphatic carbocycles. The van der Waals surface area contributed by atoms with Crippen molar-refractivity contribution in [2.24, 2.45) is 0 Å². The Morgan fingerprint density at radius 3 is 2.48 bits per heavy atom. The second-order valence-electron chi connectivity index (χ2n) is 7.36. The van der Waals surface area contributed by atoms with E-state index in [1.807, 2.05) is 49.1 Å². The largest absolute Gasteiger partial charge is 0.355 e. The Balaban J connectivity index is 1.79. The van der Waals surface area contributed by atoms with Gasteiger partial charge < -0.3 is 15.5 Å². The van der Waals surface area contributed by atoms with E-state index in [1.54, 1.807) is 6.07 Å². The topological polar surface area (TPSA) is 61.4 Å². The van der Waals surface area contributed by atoms with Gasteiger partial charge in [0, 0.05) is 18.3 Å². The molecular formula is C22H27N3O2. The van der Waals surface area contributed by atoms with Crippen molar-refractivity contribution in [3.8, 4) is 0 Å². The van der Waals surface area contributed by atoms with Crippen LogP contribution in [0.5, 0.6) is 0 Å². The van der Waals surface area contributed by atoms with Crippen LogP contribution in [0.15, 0.2) is 42.5 Å². The van der Waals surface area contributed by atoms with Gasteiger partial charge in [-0.3, -0.25) is 9.59 Å². The molecule has 1 atom stereocenters. The van der Waals surface area contributed by atoms with Crippen LogP contribution in [0.1, 0.15) is 41.8 Å². The Kier molecular flexibility index (Phi) is 5.49. The maximum absolute atomic E-state index is 12.9. The highest BCUT2D eigenvalue weighted by Crippen LogP contribution is 2.25. The molecule has 0 unspecified atom stereocenters. The van der Waals surface area contributed by atoms with E-state index >= 15 is 0 Å². The van der Waals surface area contributed by atoms with E-state index in [0.717, 1.165) is 16.9 Å². The number of aryl methyl sites for hydroxylation is 1. The highest BCUT2D eigenvalue weighted by molar-refractivity contribution is 6.02. The molecule has 0 spiro atoms. The molecule has 0 bridgehead atoms. The Bertz CT molecular complexity index is 860. The average Bonchev–Trinajstić information content (AvgIpc) is 3.00. The predicted octanol–water partition coefficient (Wildman–Crippen LogP) is 3.79. The van der Waals surface area contributed by atoms with Crippen molar-refractivity contribution in [1.29, 1.82) is 0 Å². The number of amides is 2. The Morgan fingerprint density at radius 2 is 1.78 bits per heavy atom. The van der Waals surface area contributed by atoms with E-state index in [9.17, 15) is 9.59 Å². The third kappa shape index (κ3) is 3.97. The number of carbonyl (C=O) groups is 2. The number of benzene rings is 2. The van der Waals surface area contributed by atoms with Gasteiger partial charge in [-0.05, 0) is 63.4 Å². The maximum Gasteiger partial charge on any atom is 0.254 e. The zero-order valence-corrected chi connectivity index (χ0v) is 16.4. The molecule has 142 valence electrons. The van der Waals surface area contributed by atoms with Crippen LogP contribution in [0.2, 0.25) is 0 Å². The fraction of sp³-hybridized carbons (Fsp3) is 0.364. The number of likely N-dealkylation sites (tertiary alicyclic amines) is 1. The molecule has 1 aliphatic rings. The van der Waals surface area contributed by atoms with Crippen molar-refractivity contribution in [1.82, 2.24) is 10.2 Å². The summed E-state index contributed by atoms with van der Waals surface area (Å²) in [7, 11) is 0. The molecule has 2 amide bonds. The lowest BCUT2D eigenvalue weighted by Crippen LogP contribution is -2.43. The molecule has 1 aliphatic heterocycles. The number of nitrogens with zero attached hydrogens (tertiary/aromatic N) is 1. The van der Waals surface area contributed by atoms with Crippen LogP contribution in [0.25, 0.3) is 0 Å². The van der Waals surface area contributed by atoms with Gasteiger partial charge in [-0.25, -0.2) is 0 Å². The predicted molar refractivity (Wildman–Crippen MR) is 108 cm³/mol. The Morgan fingerprint density at radius 1 is 1.07 bits per heavy atom. The van der Waals surface area contributed by atoms with Crippen LogP contribution < -0.4 is 10.6 Å². The number of anilines is 2. The standard InChI is InChI=1S/C22H27N3O2/c1-14(2)25-13-12-20(22(25)27)24-21(26)17-9-5-6-10-19(17)23-18-11-7-8-15(3)16(18)4/h5-11,14,20,23H,12-13H2,1-4H3,(H,24,26)/t20-/m0/s1. The van der Waals surface area contributed by atoms with Crippen molar-refractivity contribution in [3.63, 3.8) is 0 Å². The van der Waals surface area contributed by atoms with E-state index in [4.69, 9.17) is 0 Å². The second-order valence-corrected chi connectivity index (χ2v) is 7.36. The normalized spacial score (nSPS) is 16.7. The lowest BCUT2D eigenvalue weighted by atomic mass is 10.1. The van der Waals surface area contributed by atoms with Crippen molar-refractivity contribution in [2.75, 3.05) is 11.9 Å². The van der Waals surface area contributed by atoms with E-state index in [1.165, 1.54) is 5.56 Å². The number of nitrogens with one attached hydrogen (secondary N) is 2. The van der Waals surface area contributed by atoms with Gasteiger partial charge in [0.1, 0.15) is 6.04 Å². The summed E-state index contributed by atoms with van der Waals surface area (Å²) in [6.45, 7) is 8.78. The van der Waals surface area contributed by atoms with E-state index in [-0.39, 0.29) is 17.9 Å². The van der Waals surface area contributed by atoms with Crippen LogP contribution in [-0.2, 0) is 4.79 Å². The van der Waals surface area contributed by atoms with E-state index < -0.39 is 6.04 Å². The van der Waals surface area contributed by atoms with Gasteiger partial charge in [-0.15, -0.1) is 0 Å². The van der Waals surface area contributed by atoms with Gasteiger partial charge in [-0.2, -0.15) is 0 Å². The molecule has 3 rings (SSSR count). The molecule has 1 fully saturated rings. The minimum atomic E-state index is -0.450. The molecule has 2 N–H and O–H groups in total. The molecule has 2 aromatic rings. The van der Waals surface area contributed by atoms with Gasteiger partial charge in [0.15, 0.2) is 0 Å². The van der Waals surface area contributed by atoms with Crippen molar-refractivity contribution in [3.05, 3.63) is 59.2 Å². The lowest BCUT2D eigenvalue weighted by Gasteiger charge is -2.21. The number of carbonyl (C=O) groups excluding carboxylic acids is 2. The fourth-order valence-electron chi connectivity index (χ4n) is 3.41. The molecule has 27 heavy (non-hydrogen) atoms. The first-order valence-electron chi connectivity index (χ1n) is 9.42. The number of hydrogen-bond donors (Lipinski definition) is 2. The minimum absolute atomic E-state index is 0.00156. The smallest absolute Gasteiger partial charge is 0.254 e. The molecule has 0 aromatic heterocycles. The van der Waals surface area contributed by atoms with Gasteiger partial charge in [0.2, 0.25) is 5.91 Å². The molecule has 0 saturated carbocycles. The highest BCUT2D eigenvalue weighted by Gasteiger charge is 2.34. The third-order valence-corrected chi connectivity index (χ3v) is 5.21. The zero-order valence-electron chi connectivity index (χ0n) is 16.4. The number of rotatable bonds is 5. The number of hydrogen-bond acceptors (Lipinski definition) is 3. The molecule has 2 aromatic carbocycles. The van der Waals surface area contributed by atoms with Gasteiger partial charge in [0.25, 0.3) is 5.91 Å². The van der Waals surface area contributed by atoms with Crippen LogP contribution in [-0.4, -0.2) is 35.3 Å². The quantitative estimate of drug-likeness (QED) is 0.847. The van der Waals surface area contributed by atoms with Gasteiger partial charge in [-0.1, -0.05) is 24.3 Å². The maximum atomic E-state index is 12.9. The fourth-order valence-corrected chi connectivity index (χ4v) is 3.41. The molecule has 5 nitrogen and oxygen atoms in total. The summed E-state index contributed by atoms with van der Waals surface area (Å²) in [5, 5.41) is 6.28. The van der Waals surface area contributed by atoms with E-state index in [2.05, 4.69) is 30.5 Å². The Labute approximate surface area is 160 Å². The average molecular weight is 365 g/mol. The summed E-state index contributed by atoms with van der Waals surface area (Å²) in [4.78, 5) is 27.1. The zero-order chi connectivity index (χ0) is 19.6. The first-order valence-corrected chi connectivity index (χ1v) is 9.42. The van der Waals surface area contributed by atoms with Gasteiger partial charge in [0.05, 0.1) is 11.3 Å². The summed E-state index contributed by atoms with van der Waals surface area (Å²) in [6, 6.07) is 13.1. The first-order chi connectivity index (χ1) is 12.9. The summed E-state index contributed by atoms with van der Waals surface area (Å²) in [5.41, 5.74) is 4.57. The molecule has 5 heteroatoms. The molecule has 1 saturated heterocycles. The van der Waals surface area contributed by atoms with Gasteiger partial charge >= 0.3 is 0 Å². The molecule has 1 heterocycles. The van der Waals surface area contributed by atoms with Crippen molar-refractivity contribution >= 4 is 23.2 Å². The monoisotopic (exact) mass is 365 g/mol. The number of para-hydroxylation sites is 1. The second kappa shape index (κ2) is 7.82. The van der Waals surface area contributed by atoms with Crippen molar-refractivity contribution < 1.29 is 9.59 Å². The van der Waals surface area contributed by atoms with Crippen molar-refractivity contribution in [2.45, 2.75) is 46.2 Å². The first kappa shape index (κ1) is 19.0. The Hall–Kier alpha value is -2.82. The summed E-state index contributed by atoms with van der Waals surface area (Å²) in [6.07, 6.45) is 0.648. The third-order valence-electron chi connectivity index (χ3n) is 5.21. The van der Waals surface area contributed by atoms with E-state index in [0.29, 0.717) is 18.5 Å². The SMILES string of the molecule is Cc1cccc(Nc2ccccc2C(=O)N[C@H]2CCN(C(C)C)C2=O)c1C. The highest BCUT2D eigenvalue weighted by atomic mass is 16.2. The summed E-state index contributed by atoms with van der Waals surface area (Å²) < 4.78 is 0. The summed E-state index contributed by atoms with van der Waals surface area (Å²) >= 11 is 0. The lowest BCUT2D eigenvalue weighted by molar-refractivity contribution is -0.130.